The lowest BCUT2D eigenvalue weighted by atomic mass is 9.92. The molecule has 7 heteroatoms. The number of esters is 1. The van der Waals surface area contributed by atoms with Crippen LogP contribution in [-0.4, -0.2) is 81.2 Å². The second-order valence-corrected chi connectivity index (χ2v) is 5.60. The lowest BCUT2D eigenvalue weighted by Gasteiger charge is -2.30. The molecule has 31 heavy (non-hydrogen) atoms. The van der Waals surface area contributed by atoms with Crippen LogP contribution in [0.3, 0.4) is 0 Å². The predicted octanol–water partition coefficient (Wildman–Crippen LogP) is 5.91. The number of carbonyl (C=O) groups excluding carboxylic acids is 1. The highest BCUT2D eigenvalue weighted by molar-refractivity contribution is 5.81. The van der Waals surface area contributed by atoms with E-state index in [4.69, 9.17) is 23.7 Å². The topological polar surface area (TPSA) is 72.5 Å². The van der Waals surface area contributed by atoms with E-state index < -0.39 is 0 Å². The Morgan fingerprint density at radius 1 is 0.677 bits per heavy atom. The fourth-order valence-corrected chi connectivity index (χ4v) is 1.94. The number of hydrogen-bond acceptors (Lipinski definition) is 7. The Morgan fingerprint density at radius 3 is 1.16 bits per heavy atom. The Morgan fingerprint density at radius 2 is 1.00 bits per heavy atom. The lowest BCUT2D eigenvalue weighted by Crippen LogP contribution is -2.40. The molecule has 0 aliphatic carbocycles. The van der Waals surface area contributed by atoms with Gasteiger partial charge in [-0.1, -0.05) is 57.6 Å². The maximum absolute atomic E-state index is 10.2. The van der Waals surface area contributed by atoms with Gasteiger partial charge in [0.15, 0.2) is 0 Å². The van der Waals surface area contributed by atoms with Crippen LogP contribution in [0.15, 0.2) is 12.7 Å². The summed E-state index contributed by atoms with van der Waals surface area (Å²) < 4.78 is 29.8. The summed E-state index contributed by atoms with van der Waals surface area (Å²) in [5, 5.41) is 0. The molecule has 0 aromatic heterocycles. The van der Waals surface area contributed by atoms with Crippen LogP contribution in [0.1, 0.15) is 63.8 Å². The molecule has 7 nitrogen and oxygen atoms in total. The minimum atomic E-state index is -0.341. The molecule has 0 aliphatic rings. The highest BCUT2D eigenvalue weighted by Crippen LogP contribution is 2.19. The first kappa shape index (κ1) is 52.1. The SMILES string of the molecule is C.C.C.C.C.C=CC(=O)OCCC.CCCOC.COCC(COC)(COC)COC. The van der Waals surface area contributed by atoms with Crippen molar-refractivity contribution in [2.75, 3.05) is 75.2 Å². The third-order valence-electron chi connectivity index (χ3n) is 2.83. The Balaban J connectivity index is -0.0000000431. The zero-order valence-corrected chi connectivity index (χ0v) is 17.8. The van der Waals surface area contributed by atoms with E-state index >= 15 is 0 Å². The first-order valence-electron chi connectivity index (χ1n) is 8.71. The molecule has 0 heterocycles. The molecule has 0 bridgehead atoms. The molecule has 0 aliphatic heterocycles. The third-order valence-corrected chi connectivity index (χ3v) is 2.83. The van der Waals surface area contributed by atoms with Gasteiger partial charge in [0, 0.05) is 48.2 Å². The molecule has 0 amide bonds. The van der Waals surface area contributed by atoms with Gasteiger partial charge in [-0.3, -0.25) is 0 Å². The number of ether oxygens (including phenoxy) is 6. The maximum atomic E-state index is 10.2. The van der Waals surface area contributed by atoms with E-state index in [1.807, 2.05) is 6.92 Å². The molecular formula is C24H60O7. The van der Waals surface area contributed by atoms with Crippen LogP contribution in [0, 0.1) is 5.41 Å². The standard InChI is InChI=1S/C9H20O4.C6H10O2.C4H10O.5CH4/c1-10-5-9(6-11-2,7-12-3)8-13-4;1-3-5-8-6(7)4-2;1-3-4-5-2;;;;;/h5-8H2,1-4H3;4H,2-3,5H2,1H3;3-4H2,1-2H3;5*1H4. The van der Waals surface area contributed by atoms with Crippen LogP contribution in [-0.2, 0) is 33.2 Å². The van der Waals surface area contributed by atoms with E-state index in [2.05, 4.69) is 18.2 Å². The van der Waals surface area contributed by atoms with Crippen molar-refractivity contribution in [2.24, 2.45) is 5.41 Å². The molecule has 0 aromatic carbocycles. The largest absolute Gasteiger partial charge is 0.463 e. The fraction of sp³-hybridized carbons (Fsp3) is 0.875. The smallest absolute Gasteiger partial charge is 0.330 e. The molecule has 0 saturated heterocycles. The summed E-state index contributed by atoms with van der Waals surface area (Å²) in [4.78, 5) is 10.2. The molecule has 198 valence electrons. The van der Waals surface area contributed by atoms with E-state index in [-0.39, 0.29) is 48.5 Å². The quantitative estimate of drug-likeness (QED) is 0.250. The van der Waals surface area contributed by atoms with Gasteiger partial charge in [-0.25, -0.2) is 4.79 Å². The highest BCUT2D eigenvalue weighted by atomic mass is 16.5. The third kappa shape index (κ3) is 40.0. The average molecular weight is 461 g/mol. The summed E-state index contributed by atoms with van der Waals surface area (Å²) in [6.45, 7) is 10.9. The molecular weight excluding hydrogens is 400 g/mol. The van der Waals surface area contributed by atoms with Crippen molar-refractivity contribution in [1.82, 2.24) is 0 Å². The van der Waals surface area contributed by atoms with Gasteiger partial charge in [0.25, 0.3) is 0 Å². The zero-order chi connectivity index (χ0) is 20.7. The van der Waals surface area contributed by atoms with Gasteiger partial charge in [-0.05, 0) is 12.8 Å². The molecule has 0 unspecified atom stereocenters. The summed E-state index contributed by atoms with van der Waals surface area (Å²) in [5.41, 5.74) is -0.188. The number of rotatable bonds is 13. The van der Waals surface area contributed by atoms with Crippen molar-refractivity contribution < 1.29 is 33.2 Å². The predicted molar refractivity (Wildman–Crippen MR) is 137 cm³/mol. The average Bonchev–Trinajstić information content (AvgIpc) is 2.62. The van der Waals surface area contributed by atoms with Crippen molar-refractivity contribution in [3.05, 3.63) is 12.7 Å². The Kier molecular flexibility index (Phi) is 72.3. The van der Waals surface area contributed by atoms with Gasteiger partial charge in [0.2, 0.25) is 0 Å². The van der Waals surface area contributed by atoms with Crippen LogP contribution in [0.4, 0.5) is 0 Å². The minimum Gasteiger partial charge on any atom is -0.463 e. The van der Waals surface area contributed by atoms with Crippen LogP contribution in [0.5, 0.6) is 0 Å². The molecule has 0 spiro atoms. The summed E-state index contributed by atoms with van der Waals surface area (Å²) in [7, 11) is 8.36. The first-order valence-corrected chi connectivity index (χ1v) is 8.71. The Hall–Kier alpha value is -0.990. The first-order chi connectivity index (χ1) is 12.5. The monoisotopic (exact) mass is 460 g/mol. The van der Waals surface area contributed by atoms with E-state index in [1.165, 1.54) is 0 Å². The molecule has 0 aromatic rings. The van der Waals surface area contributed by atoms with Crippen LogP contribution < -0.4 is 0 Å². The van der Waals surface area contributed by atoms with Crippen molar-refractivity contribution in [1.29, 1.82) is 0 Å². The van der Waals surface area contributed by atoms with Gasteiger partial charge in [0.05, 0.1) is 38.4 Å². The van der Waals surface area contributed by atoms with Gasteiger partial charge >= 0.3 is 5.97 Å². The molecule has 0 atom stereocenters. The summed E-state index contributed by atoms with van der Waals surface area (Å²) >= 11 is 0. The van der Waals surface area contributed by atoms with E-state index in [1.54, 1.807) is 35.5 Å². The van der Waals surface area contributed by atoms with Crippen LogP contribution in [0.2, 0.25) is 0 Å². The number of methoxy groups -OCH3 is 5. The van der Waals surface area contributed by atoms with Crippen LogP contribution in [0.25, 0.3) is 0 Å². The molecule has 0 rings (SSSR count). The molecule has 0 radical (unpaired) electrons. The fourth-order valence-electron chi connectivity index (χ4n) is 1.94. The van der Waals surface area contributed by atoms with Gasteiger partial charge < -0.3 is 28.4 Å². The second-order valence-electron chi connectivity index (χ2n) is 5.60. The highest BCUT2D eigenvalue weighted by Gasteiger charge is 2.30. The molecule has 0 N–H and O–H groups in total. The van der Waals surface area contributed by atoms with Crippen molar-refractivity contribution in [2.45, 2.75) is 63.8 Å². The molecule has 0 fully saturated rings. The van der Waals surface area contributed by atoms with Crippen LogP contribution >= 0.6 is 0 Å². The lowest BCUT2D eigenvalue weighted by molar-refractivity contribution is -0.137. The number of carbonyl (C=O) groups is 1. The van der Waals surface area contributed by atoms with E-state index in [0.717, 1.165) is 25.5 Å². The van der Waals surface area contributed by atoms with Gasteiger partial charge in [-0.2, -0.15) is 0 Å². The van der Waals surface area contributed by atoms with Crippen molar-refractivity contribution in [3.63, 3.8) is 0 Å². The maximum Gasteiger partial charge on any atom is 0.330 e. The minimum absolute atomic E-state index is 0. The normalized spacial score (nSPS) is 8.48. The van der Waals surface area contributed by atoms with Gasteiger partial charge in [0.1, 0.15) is 0 Å². The van der Waals surface area contributed by atoms with Crippen molar-refractivity contribution in [3.8, 4) is 0 Å². The van der Waals surface area contributed by atoms with E-state index in [9.17, 15) is 4.79 Å². The second kappa shape index (κ2) is 43.0. The summed E-state index contributed by atoms with van der Waals surface area (Å²) in [6.07, 6.45) is 3.14. The Labute approximate surface area is 196 Å². The summed E-state index contributed by atoms with van der Waals surface area (Å²) in [5.74, 6) is -0.341. The number of hydrogen-bond donors (Lipinski definition) is 0. The Bertz CT molecular complexity index is 266. The van der Waals surface area contributed by atoms with Crippen molar-refractivity contribution >= 4 is 5.97 Å². The summed E-state index contributed by atoms with van der Waals surface area (Å²) in [6, 6.07) is 0. The zero-order valence-electron chi connectivity index (χ0n) is 17.8. The van der Waals surface area contributed by atoms with E-state index in [0.29, 0.717) is 33.0 Å². The molecule has 0 saturated carbocycles. The van der Waals surface area contributed by atoms with Gasteiger partial charge in [-0.15, -0.1) is 0 Å².